The molecule has 0 spiro atoms. The second-order valence-corrected chi connectivity index (χ2v) is 12.2. The molecule has 1 aromatic rings. The average Bonchev–Trinajstić information content (AvgIpc) is 3.58. The summed E-state index contributed by atoms with van der Waals surface area (Å²) in [5, 5.41) is 2.15. The van der Waals surface area contributed by atoms with Crippen LogP contribution in [0.5, 0.6) is 0 Å². The highest BCUT2D eigenvalue weighted by Gasteiger charge is 2.24. The second kappa shape index (κ2) is 23.7. The summed E-state index contributed by atoms with van der Waals surface area (Å²) in [5.41, 5.74) is 2.20. The van der Waals surface area contributed by atoms with Gasteiger partial charge in [0.1, 0.15) is 6.54 Å². The molecule has 0 bridgehead atoms. The molecule has 3 nitrogen and oxygen atoms in total. The number of nitrogens with zero attached hydrogens (tertiary/aromatic N) is 1. The maximum Gasteiger partial charge on any atom is 0.224 e. The number of aromatic nitrogens is 1. The Morgan fingerprint density at radius 1 is 0.750 bits per heavy atom. The van der Waals surface area contributed by atoms with Crippen LogP contribution in [0.15, 0.2) is 17.1 Å². The molecule has 36 heavy (non-hydrogen) atoms. The van der Waals surface area contributed by atoms with Crippen molar-refractivity contribution in [3.05, 3.63) is 17.1 Å². The Balaban J connectivity index is 1.25. The van der Waals surface area contributed by atoms with Crippen LogP contribution in [0.4, 0.5) is 0 Å². The Morgan fingerprint density at radius 3 is 1.94 bits per heavy atom. The first-order valence-corrected chi connectivity index (χ1v) is 16.9. The molecule has 0 amide bonds. The predicted molar refractivity (Wildman–Crippen MR) is 156 cm³/mol. The van der Waals surface area contributed by atoms with Crippen LogP contribution in [0, 0.1) is 5.92 Å². The molecule has 0 aliphatic carbocycles. The molecule has 0 saturated carbocycles. The Morgan fingerprint density at radius 2 is 1.33 bits per heavy atom. The highest BCUT2D eigenvalue weighted by molar-refractivity contribution is 7.07. The summed E-state index contributed by atoms with van der Waals surface area (Å²) in [4.78, 5) is 0. The molecule has 1 aliphatic heterocycles. The smallest absolute Gasteiger partial charge is 0.224 e. The fourth-order valence-electron chi connectivity index (χ4n) is 5.53. The van der Waals surface area contributed by atoms with E-state index >= 15 is 0 Å². The lowest BCUT2D eigenvalue weighted by Gasteiger charge is -2.10. The zero-order valence-electron chi connectivity index (χ0n) is 23.9. The number of rotatable bonds is 26. The number of thiazole rings is 1. The zero-order valence-corrected chi connectivity index (χ0v) is 24.8. The molecular formula is C32H60NO2S+. The number of hydrogen-bond donors (Lipinski definition) is 0. The fraction of sp³-hybridized carbons (Fsp3) is 0.906. The van der Waals surface area contributed by atoms with Crippen molar-refractivity contribution in [2.45, 2.75) is 161 Å². The monoisotopic (exact) mass is 522 g/mol. The molecule has 2 unspecified atom stereocenters. The Bertz CT molecular complexity index is 565. The van der Waals surface area contributed by atoms with E-state index in [0.717, 1.165) is 25.7 Å². The summed E-state index contributed by atoms with van der Waals surface area (Å²) in [6, 6.07) is 0. The van der Waals surface area contributed by atoms with Crippen LogP contribution in [0.25, 0.3) is 0 Å². The van der Waals surface area contributed by atoms with Crippen molar-refractivity contribution >= 4 is 11.3 Å². The van der Waals surface area contributed by atoms with E-state index in [1.54, 1.807) is 11.3 Å². The minimum Gasteiger partial charge on any atom is -0.379 e. The molecule has 1 fully saturated rings. The van der Waals surface area contributed by atoms with Gasteiger partial charge in [-0.2, -0.15) is 4.57 Å². The molecule has 4 heteroatoms. The number of hydrogen-bond acceptors (Lipinski definition) is 3. The lowest BCUT2D eigenvalue weighted by molar-refractivity contribution is -0.692. The fourth-order valence-corrected chi connectivity index (χ4v) is 6.16. The minimum atomic E-state index is 0.356. The Labute approximate surface area is 228 Å². The molecule has 210 valence electrons. The normalized spacial score (nSPS) is 17.8. The van der Waals surface area contributed by atoms with Gasteiger partial charge in [0.15, 0.2) is 6.20 Å². The summed E-state index contributed by atoms with van der Waals surface area (Å²) < 4.78 is 14.2. The van der Waals surface area contributed by atoms with Gasteiger partial charge in [0.05, 0.1) is 18.1 Å². The van der Waals surface area contributed by atoms with Gasteiger partial charge in [0.2, 0.25) is 5.51 Å². The van der Waals surface area contributed by atoms with Gasteiger partial charge in [-0.1, -0.05) is 127 Å². The first-order valence-electron chi connectivity index (χ1n) is 16.0. The standard InChI is InChI=1S/C32H60NO2S/c1-2-3-4-5-6-7-8-9-10-11-12-13-14-16-19-22-31-27-32(35-28-31)29-34-25-21-18-15-17-20-23-33-24-26-36-30-33/h24,26,30-32H,2-23,25,27-29H2,1H3/q+1. The van der Waals surface area contributed by atoms with E-state index in [9.17, 15) is 0 Å². The Kier molecular flexibility index (Phi) is 20.9. The predicted octanol–water partition coefficient (Wildman–Crippen LogP) is 9.67. The quantitative estimate of drug-likeness (QED) is 0.0892. The van der Waals surface area contributed by atoms with Gasteiger partial charge in [-0.25, -0.2) is 0 Å². The molecule has 1 saturated heterocycles. The van der Waals surface area contributed by atoms with Gasteiger partial charge < -0.3 is 9.47 Å². The lowest BCUT2D eigenvalue weighted by atomic mass is 9.97. The molecular weight excluding hydrogens is 462 g/mol. The molecule has 1 aliphatic rings. The largest absolute Gasteiger partial charge is 0.379 e. The SMILES string of the molecule is CCCCCCCCCCCCCCCCCC1COC(COCCCCCCC[n+]2ccsc2)C1. The van der Waals surface area contributed by atoms with Gasteiger partial charge >= 0.3 is 0 Å². The van der Waals surface area contributed by atoms with Crippen LogP contribution in [0.3, 0.4) is 0 Å². The van der Waals surface area contributed by atoms with Crippen molar-refractivity contribution in [1.29, 1.82) is 0 Å². The van der Waals surface area contributed by atoms with Crippen molar-refractivity contribution in [1.82, 2.24) is 0 Å². The van der Waals surface area contributed by atoms with Crippen molar-refractivity contribution in [2.75, 3.05) is 19.8 Å². The van der Waals surface area contributed by atoms with Crippen LogP contribution in [-0.4, -0.2) is 25.9 Å². The molecule has 0 radical (unpaired) electrons. The summed E-state index contributed by atoms with van der Waals surface area (Å²) in [5.74, 6) is 0.779. The van der Waals surface area contributed by atoms with Crippen LogP contribution in [0.1, 0.15) is 148 Å². The zero-order chi connectivity index (χ0) is 25.4. The maximum absolute atomic E-state index is 6.01. The molecule has 2 rings (SSSR count). The third kappa shape index (κ3) is 17.9. The van der Waals surface area contributed by atoms with E-state index < -0.39 is 0 Å². The number of ether oxygens (including phenoxy) is 2. The topological polar surface area (TPSA) is 22.3 Å². The minimum absolute atomic E-state index is 0.356. The van der Waals surface area contributed by atoms with Gasteiger partial charge in [0, 0.05) is 19.6 Å². The van der Waals surface area contributed by atoms with Crippen LogP contribution in [-0.2, 0) is 16.0 Å². The molecule has 0 aromatic carbocycles. The molecule has 2 heterocycles. The summed E-state index contributed by atoms with van der Waals surface area (Å²) in [7, 11) is 0. The van der Waals surface area contributed by atoms with E-state index in [4.69, 9.17) is 9.47 Å². The van der Waals surface area contributed by atoms with Crippen LogP contribution >= 0.6 is 11.3 Å². The first-order chi connectivity index (χ1) is 17.9. The third-order valence-corrected chi connectivity index (χ3v) is 8.59. The number of aryl methyl sites for hydroxylation is 1. The highest BCUT2D eigenvalue weighted by Crippen LogP contribution is 2.25. The average molecular weight is 523 g/mol. The van der Waals surface area contributed by atoms with Crippen LogP contribution in [0.2, 0.25) is 0 Å². The van der Waals surface area contributed by atoms with Crippen molar-refractivity contribution in [2.24, 2.45) is 5.92 Å². The van der Waals surface area contributed by atoms with E-state index in [1.807, 2.05) is 0 Å². The summed E-state index contributed by atoms with van der Waals surface area (Å²) >= 11 is 1.78. The van der Waals surface area contributed by atoms with Crippen LogP contribution < -0.4 is 4.57 Å². The van der Waals surface area contributed by atoms with E-state index in [-0.39, 0.29) is 0 Å². The van der Waals surface area contributed by atoms with Gasteiger partial charge in [-0.15, -0.1) is 0 Å². The molecule has 1 aromatic heterocycles. The first kappa shape index (κ1) is 31.8. The molecule has 2 atom stereocenters. The number of unbranched alkanes of at least 4 members (excludes halogenated alkanes) is 18. The second-order valence-electron chi connectivity index (χ2n) is 11.4. The van der Waals surface area contributed by atoms with E-state index in [1.165, 1.54) is 148 Å². The van der Waals surface area contributed by atoms with Gasteiger partial charge in [-0.3, -0.25) is 0 Å². The highest BCUT2D eigenvalue weighted by atomic mass is 32.1. The van der Waals surface area contributed by atoms with Crippen molar-refractivity contribution in [3.63, 3.8) is 0 Å². The van der Waals surface area contributed by atoms with Crippen molar-refractivity contribution < 1.29 is 14.0 Å². The lowest BCUT2D eigenvalue weighted by Crippen LogP contribution is -2.29. The summed E-state index contributed by atoms with van der Waals surface area (Å²) in [6.45, 7) is 6.15. The van der Waals surface area contributed by atoms with Gasteiger partial charge in [-0.05, 0) is 31.6 Å². The maximum atomic E-state index is 6.01. The Hall–Kier alpha value is -0.450. The van der Waals surface area contributed by atoms with Crippen molar-refractivity contribution in [3.8, 4) is 0 Å². The van der Waals surface area contributed by atoms with E-state index in [0.29, 0.717) is 6.10 Å². The molecule has 0 N–H and O–H groups in total. The third-order valence-electron chi connectivity index (χ3n) is 7.92. The van der Waals surface area contributed by atoms with Gasteiger partial charge in [0.25, 0.3) is 0 Å². The van der Waals surface area contributed by atoms with E-state index in [2.05, 4.69) is 28.6 Å². The summed E-state index contributed by atoms with van der Waals surface area (Å²) in [6.07, 6.45) is 33.2.